The van der Waals surface area contributed by atoms with Gasteiger partial charge in [-0.2, -0.15) is 0 Å². The van der Waals surface area contributed by atoms with Gasteiger partial charge in [0.1, 0.15) is 17.3 Å². The maximum Gasteiger partial charge on any atom is 0.270 e. The summed E-state index contributed by atoms with van der Waals surface area (Å²) < 4.78 is 11.4. The monoisotopic (exact) mass is 414 g/mol. The number of methoxy groups -OCH3 is 1. The molecular weight excluding hydrogens is 396 g/mol. The minimum atomic E-state index is -0.113. The normalized spacial score (nSPS) is 13.2. The topological polar surface area (TPSA) is 60.5 Å². The molecule has 4 rings (SSSR count). The molecule has 0 atom stereocenters. The predicted molar refractivity (Wildman–Crippen MR) is 110 cm³/mol. The molecule has 1 fully saturated rings. The molecular formula is C21H19ClN2O3S. The molecule has 2 aromatic carbocycles. The molecule has 0 saturated heterocycles. The maximum atomic E-state index is 12.1. The number of aromatic nitrogens is 1. The first-order chi connectivity index (χ1) is 13.6. The highest BCUT2D eigenvalue weighted by atomic mass is 35.5. The maximum absolute atomic E-state index is 12.1. The van der Waals surface area contributed by atoms with Crippen molar-refractivity contribution in [3.8, 4) is 22.1 Å². The Morgan fingerprint density at radius 3 is 2.86 bits per heavy atom. The highest BCUT2D eigenvalue weighted by Gasteiger charge is 2.25. The third-order valence-corrected chi connectivity index (χ3v) is 5.47. The number of carbonyl (C=O) groups is 1. The molecule has 1 heterocycles. The summed E-state index contributed by atoms with van der Waals surface area (Å²) in [4.78, 5) is 16.6. The van der Waals surface area contributed by atoms with E-state index in [1.54, 1.807) is 12.5 Å². The number of nitrogens with zero attached hydrogens (tertiary/aromatic N) is 1. The van der Waals surface area contributed by atoms with Crippen LogP contribution in [-0.2, 0) is 6.61 Å². The van der Waals surface area contributed by atoms with Crippen molar-refractivity contribution in [3.63, 3.8) is 0 Å². The van der Waals surface area contributed by atoms with Crippen LogP contribution in [0.2, 0.25) is 5.02 Å². The second-order valence-corrected chi connectivity index (χ2v) is 7.86. The van der Waals surface area contributed by atoms with Gasteiger partial charge >= 0.3 is 0 Å². The number of hydrogen-bond acceptors (Lipinski definition) is 5. The first kappa shape index (κ1) is 18.8. The molecule has 1 aliphatic rings. The van der Waals surface area contributed by atoms with Gasteiger partial charge < -0.3 is 14.8 Å². The zero-order valence-electron chi connectivity index (χ0n) is 15.3. The van der Waals surface area contributed by atoms with Gasteiger partial charge in [-0.25, -0.2) is 4.98 Å². The number of rotatable bonds is 7. The van der Waals surface area contributed by atoms with Crippen LogP contribution >= 0.6 is 22.9 Å². The summed E-state index contributed by atoms with van der Waals surface area (Å²) in [5.41, 5.74) is 2.31. The number of nitrogens with one attached hydrogen (secondary N) is 1. The Kier molecular flexibility index (Phi) is 5.50. The molecule has 28 heavy (non-hydrogen) atoms. The molecule has 0 bridgehead atoms. The second-order valence-electron chi connectivity index (χ2n) is 6.57. The first-order valence-electron chi connectivity index (χ1n) is 8.94. The molecule has 7 heteroatoms. The average molecular weight is 415 g/mol. The van der Waals surface area contributed by atoms with Gasteiger partial charge in [-0.15, -0.1) is 11.3 Å². The van der Waals surface area contributed by atoms with Crippen LogP contribution in [0.3, 0.4) is 0 Å². The summed E-state index contributed by atoms with van der Waals surface area (Å²) in [5, 5.41) is 6.17. The molecule has 0 unspecified atom stereocenters. The Morgan fingerprint density at radius 2 is 2.11 bits per heavy atom. The minimum absolute atomic E-state index is 0.113. The van der Waals surface area contributed by atoms with E-state index in [2.05, 4.69) is 10.3 Å². The zero-order valence-corrected chi connectivity index (χ0v) is 16.8. The van der Waals surface area contributed by atoms with Crippen LogP contribution < -0.4 is 14.8 Å². The molecule has 1 aromatic heterocycles. The number of halogens is 1. The van der Waals surface area contributed by atoms with Gasteiger partial charge in [0.05, 0.1) is 7.11 Å². The smallest absolute Gasteiger partial charge is 0.270 e. The van der Waals surface area contributed by atoms with Crippen molar-refractivity contribution < 1.29 is 14.3 Å². The summed E-state index contributed by atoms with van der Waals surface area (Å²) in [6.45, 7) is 0.388. The highest BCUT2D eigenvalue weighted by molar-refractivity contribution is 7.13. The molecule has 3 aromatic rings. The molecule has 1 amide bonds. The lowest BCUT2D eigenvalue weighted by molar-refractivity contribution is 0.0947. The SMILES string of the molecule is COc1cc(-c2nc(C(=O)NC3CC3)cs2)ccc1OCc1cccc(Cl)c1. The lowest BCUT2D eigenvalue weighted by Crippen LogP contribution is -2.25. The Bertz CT molecular complexity index is 1000. The van der Waals surface area contributed by atoms with E-state index in [4.69, 9.17) is 21.1 Å². The molecule has 0 radical (unpaired) electrons. The Hall–Kier alpha value is -2.57. The van der Waals surface area contributed by atoms with Crippen LogP contribution in [0.4, 0.5) is 0 Å². The lowest BCUT2D eigenvalue weighted by Gasteiger charge is -2.12. The van der Waals surface area contributed by atoms with Gasteiger partial charge in [0.25, 0.3) is 5.91 Å². The summed E-state index contributed by atoms with van der Waals surface area (Å²) >= 11 is 7.45. The van der Waals surface area contributed by atoms with Crippen LogP contribution in [0.1, 0.15) is 28.9 Å². The first-order valence-corrected chi connectivity index (χ1v) is 10.2. The molecule has 1 saturated carbocycles. The van der Waals surface area contributed by atoms with E-state index in [0.29, 0.717) is 34.9 Å². The number of carbonyl (C=O) groups excluding carboxylic acids is 1. The van der Waals surface area contributed by atoms with E-state index in [1.807, 2.05) is 42.5 Å². The average Bonchev–Trinajstić information content (AvgIpc) is 3.37. The number of ether oxygens (including phenoxy) is 2. The van der Waals surface area contributed by atoms with E-state index in [9.17, 15) is 4.79 Å². The minimum Gasteiger partial charge on any atom is -0.493 e. The van der Waals surface area contributed by atoms with Crippen LogP contribution in [0.25, 0.3) is 10.6 Å². The van der Waals surface area contributed by atoms with Crippen molar-refractivity contribution in [2.75, 3.05) is 7.11 Å². The zero-order chi connectivity index (χ0) is 19.5. The second kappa shape index (κ2) is 8.20. The molecule has 5 nitrogen and oxygen atoms in total. The highest BCUT2D eigenvalue weighted by Crippen LogP contribution is 2.34. The quantitative estimate of drug-likeness (QED) is 0.594. The Balaban J connectivity index is 1.48. The molecule has 144 valence electrons. The van der Waals surface area contributed by atoms with E-state index < -0.39 is 0 Å². The number of amides is 1. The summed E-state index contributed by atoms with van der Waals surface area (Å²) in [5.74, 6) is 1.13. The molecule has 1 N–H and O–H groups in total. The summed E-state index contributed by atoms with van der Waals surface area (Å²) in [6.07, 6.45) is 2.10. The number of hydrogen-bond donors (Lipinski definition) is 1. The van der Waals surface area contributed by atoms with Crippen LogP contribution in [0.15, 0.2) is 47.8 Å². The van der Waals surface area contributed by atoms with Crippen LogP contribution in [0, 0.1) is 0 Å². The standard InChI is InChI=1S/C21H19ClN2O3S/c1-26-19-10-14(21-24-17(12-28-21)20(25)23-16-6-7-16)5-8-18(19)27-11-13-3-2-4-15(22)9-13/h2-5,8-10,12,16H,6-7,11H2,1H3,(H,23,25). The fraction of sp³-hybridized carbons (Fsp3) is 0.238. The Morgan fingerprint density at radius 1 is 1.25 bits per heavy atom. The fourth-order valence-corrected chi connectivity index (χ4v) is 3.72. The lowest BCUT2D eigenvalue weighted by atomic mass is 10.2. The van der Waals surface area contributed by atoms with Crippen LogP contribution in [-0.4, -0.2) is 24.0 Å². The van der Waals surface area contributed by atoms with Gasteiger partial charge in [-0.3, -0.25) is 4.79 Å². The number of thiazole rings is 1. The van der Waals surface area contributed by atoms with Crippen molar-refractivity contribution in [3.05, 3.63) is 64.1 Å². The largest absolute Gasteiger partial charge is 0.493 e. The van der Waals surface area contributed by atoms with E-state index in [1.165, 1.54) is 11.3 Å². The van der Waals surface area contributed by atoms with Gasteiger partial charge in [0.15, 0.2) is 11.5 Å². The van der Waals surface area contributed by atoms with Crippen molar-refractivity contribution in [1.82, 2.24) is 10.3 Å². The van der Waals surface area contributed by atoms with Crippen molar-refractivity contribution in [2.24, 2.45) is 0 Å². The summed E-state index contributed by atoms with van der Waals surface area (Å²) in [6, 6.07) is 13.5. The van der Waals surface area contributed by atoms with Crippen molar-refractivity contribution >= 4 is 28.8 Å². The molecule has 1 aliphatic carbocycles. The van der Waals surface area contributed by atoms with E-state index in [-0.39, 0.29) is 5.91 Å². The third-order valence-electron chi connectivity index (χ3n) is 4.34. The van der Waals surface area contributed by atoms with E-state index >= 15 is 0 Å². The summed E-state index contributed by atoms with van der Waals surface area (Å²) in [7, 11) is 1.60. The van der Waals surface area contributed by atoms with Gasteiger partial charge in [-0.1, -0.05) is 23.7 Å². The third kappa shape index (κ3) is 4.46. The van der Waals surface area contributed by atoms with Gasteiger partial charge in [-0.05, 0) is 48.7 Å². The van der Waals surface area contributed by atoms with Crippen LogP contribution in [0.5, 0.6) is 11.5 Å². The fourth-order valence-electron chi connectivity index (χ4n) is 2.71. The van der Waals surface area contributed by atoms with Gasteiger partial charge in [0, 0.05) is 22.0 Å². The number of benzene rings is 2. The molecule has 0 aliphatic heterocycles. The predicted octanol–water partition coefficient (Wildman–Crippen LogP) is 4.94. The van der Waals surface area contributed by atoms with Gasteiger partial charge in [0.2, 0.25) is 0 Å². The Labute approximate surface area is 172 Å². The van der Waals surface area contributed by atoms with E-state index in [0.717, 1.165) is 29.0 Å². The van der Waals surface area contributed by atoms with Crippen molar-refractivity contribution in [1.29, 1.82) is 0 Å². The van der Waals surface area contributed by atoms with Crippen molar-refractivity contribution in [2.45, 2.75) is 25.5 Å². The molecule has 0 spiro atoms.